The molecule has 0 radical (unpaired) electrons. The molecular formula is C11H13F2NO. The van der Waals surface area contributed by atoms with Crippen LogP contribution in [-0.4, -0.2) is 13.2 Å². The molecule has 0 fully saturated rings. The van der Waals surface area contributed by atoms with Crippen LogP contribution in [-0.2, 0) is 12.3 Å². The second-order valence-electron chi connectivity index (χ2n) is 3.68. The van der Waals surface area contributed by atoms with Crippen LogP contribution in [0.15, 0.2) is 18.2 Å². The third-order valence-corrected chi connectivity index (χ3v) is 2.59. The van der Waals surface area contributed by atoms with E-state index in [2.05, 4.69) is 0 Å². The fourth-order valence-corrected chi connectivity index (χ4v) is 1.71. The molecule has 0 spiro atoms. The van der Waals surface area contributed by atoms with Crippen molar-refractivity contribution in [3.63, 3.8) is 0 Å². The Labute approximate surface area is 87.0 Å². The van der Waals surface area contributed by atoms with Crippen LogP contribution in [0.3, 0.4) is 0 Å². The first-order valence-corrected chi connectivity index (χ1v) is 4.97. The number of halogens is 2. The minimum atomic E-state index is -2.94. The Morgan fingerprint density at radius 2 is 2.20 bits per heavy atom. The SMILES string of the molecule is NCC(F)(F)c1ccc2c(c1)CCCO2. The standard InChI is InChI=1S/C11H13F2NO/c12-11(13,7-14)9-3-4-10-8(6-9)2-1-5-15-10/h3-4,6H,1-2,5,7,14H2. The third kappa shape index (κ3) is 1.95. The van der Waals surface area contributed by atoms with Gasteiger partial charge in [-0.05, 0) is 36.6 Å². The maximum Gasteiger partial charge on any atom is 0.285 e. The molecule has 1 aliphatic rings. The molecule has 1 heterocycles. The molecule has 15 heavy (non-hydrogen) atoms. The Kier molecular flexibility index (Phi) is 2.61. The van der Waals surface area contributed by atoms with E-state index in [1.165, 1.54) is 12.1 Å². The summed E-state index contributed by atoms with van der Waals surface area (Å²) < 4.78 is 31.9. The van der Waals surface area contributed by atoms with E-state index >= 15 is 0 Å². The van der Waals surface area contributed by atoms with Crippen LogP contribution in [0.5, 0.6) is 5.75 Å². The van der Waals surface area contributed by atoms with Gasteiger partial charge in [0.25, 0.3) is 5.92 Å². The summed E-state index contributed by atoms with van der Waals surface area (Å²) in [6.45, 7) is 0.00622. The molecule has 0 bridgehead atoms. The lowest BCUT2D eigenvalue weighted by atomic mass is 10.00. The van der Waals surface area contributed by atoms with Gasteiger partial charge in [0, 0.05) is 5.56 Å². The fourth-order valence-electron chi connectivity index (χ4n) is 1.71. The highest BCUT2D eigenvalue weighted by Crippen LogP contribution is 2.32. The van der Waals surface area contributed by atoms with Gasteiger partial charge in [0.15, 0.2) is 0 Å². The predicted molar refractivity (Wildman–Crippen MR) is 53.2 cm³/mol. The lowest BCUT2D eigenvalue weighted by Crippen LogP contribution is -2.25. The van der Waals surface area contributed by atoms with Gasteiger partial charge in [-0.15, -0.1) is 0 Å². The fraction of sp³-hybridized carbons (Fsp3) is 0.455. The van der Waals surface area contributed by atoms with Gasteiger partial charge >= 0.3 is 0 Å². The van der Waals surface area contributed by atoms with Crippen LogP contribution in [0.1, 0.15) is 17.5 Å². The largest absolute Gasteiger partial charge is 0.493 e. The van der Waals surface area contributed by atoms with Crippen molar-refractivity contribution in [2.24, 2.45) is 5.73 Å². The summed E-state index contributed by atoms with van der Waals surface area (Å²) in [4.78, 5) is 0. The van der Waals surface area contributed by atoms with Crippen LogP contribution >= 0.6 is 0 Å². The summed E-state index contributed by atoms with van der Waals surface area (Å²) in [6, 6.07) is 4.49. The number of aryl methyl sites for hydroxylation is 1. The van der Waals surface area contributed by atoms with Crippen LogP contribution in [0.2, 0.25) is 0 Å². The highest BCUT2D eigenvalue weighted by Gasteiger charge is 2.30. The molecule has 1 aromatic carbocycles. The van der Waals surface area contributed by atoms with E-state index in [-0.39, 0.29) is 5.56 Å². The Morgan fingerprint density at radius 3 is 2.93 bits per heavy atom. The predicted octanol–water partition coefficient (Wildman–Crippen LogP) is 2.06. The lowest BCUT2D eigenvalue weighted by Gasteiger charge is -2.20. The van der Waals surface area contributed by atoms with Gasteiger partial charge in [-0.1, -0.05) is 0 Å². The van der Waals surface area contributed by atoms with Gasteiger partial charge < -0.3 is 10.5 Å². The number of hydrogen-bond acceptors (Lipinski definition) is 2. The first-order chi connectivity index (χ1) is 7.13. The van der Waals surface area contributed by atoms with Gasteiger partial charge in [0.2, 0.25) is 0 Å². The molecule has 1 aliphatic heterocycles. The number of alkyl halides is 2. The normalized spacial score (nSPS) is 15.7. The highest BCUT2D eigenvalue weighted by molar-refractivity contribution is 5.40. The van der Waals surface area contributed by atoms with Crippen LogP contribution in [0.4, 0.5) is 8.78 Å². The lowest BCUT2D eigenvalue weighted by molar-refractivity contribution is 0.00579. The van der Waals surface area contributed by atoms with Crippen molar-refractivity contribution in [2.75, 3.05) is 13.2 Å². The Balaban J connectivity index is 2.36. The van der Waals surface area contributed by atoms with Crippen molar-refractivity contribution in [1.29, 1.82) is 0 Å². The Bertz CT molecular complexity index is 366. The van der Waals surface area contributed by atoms with Crippen molar-refractivity contribution >= 4 is 0 Å². The summed E-state index contributed by atoms with van der Waals surface area (Å²) in [7, 11) is 0. The van der Waals surface area contributed by atoms with Gasteiger partial charge in [-0.3, -0.25) is 0 Å². The van der Waals surface area contributed by atoms with Gasteiger partial charge in [0.1, 0.15) is 5.75 Å². The van der Waals surface area contributed by atoms with E-state index in [0.29, 0.717) is 6.61 Å². The average molecular weight is 213 g/mol. The van der Waals surface area contributed by atoms with E-state index in [0.717, 1.165) is 24.2 Å². The first kappa shape index (κ1) is 10.4. The number of nitrogens with two attached hydrogens (primary N) is 1. The van der Waals surface area contributed by atoms with E-state index in [1.807, 2.05) is 0 Å². The molecule has 0 saturated heterocycles. The Hall–Kier alpha value is -1.16. The Morgan fingerprint density at radius 1 is 1.40 bits per heavy atom. The molecule has 0 unspecified atom stereocenters. The average Bonchev–Trinajstić information content (AvgIpc) is 2.28. The van der Waals surface area contributed by atoms with Crippen molar-refractivity contribution in [2.45, 2.75) is 18.8 Å². The minimum Gasteiger partial charge on any atom is -0.493 e. The van der Waals surface area contributed by atoms with Crippen LogP contribution < -0.4 is 10.5 Å². The van der Waals surface area contributed by atoms with Gasteiger partial charge in [-0.2, -0.15) is 8.78 Å². The van der Waals surface area contributed by atoms with Gasteiger partial charge in [-0.25, -0.2) is 0 Å². The van der Waals surface area contributed by atoms with E-state index in [9.17, 15) is 8.78 Å². The van der Waals surface area contributed by atoms with Crippen molar-refractivity contribution in [1.82, 2.24) is 0 Å². The number of hydrogen-bond donors (Lipinski definition) is 1. The molecule has 0 amide bonds. The maximum atomic E-state index is 13.3. The molecule has 1 aromatic rings. The maximum absolute atomic E-state index is 13.3. The van der Waals surface area contributed by atoms with E-state index in [4.69, 9.17) is 10.5 Å². The summed E-state index contributed by atoms with van der Waals surface area (Å²) in [5.41, 5.74) is 5.87. The zero-order valence-electron chi connectivity index (χ0n) is 8.30. The molecule has 0 saturated carbocycles. The summed E-state index contributed by atoms with van der Waals surface area (Å²) in [5, 5.41) is 0. The van der Waals surface area contributed by atoms with E-state index in [1.54, 1.807) is 6.07 Å². The van der Waals surface area contributed by atoms with Crippen molar-refractivity contribution < 1.29 is 13.5 Å². The molecule has 2 N–H and O–H groups in total. The van der Waals surface area contributed by atoms with Crippen molar-refractivity contribution in [3.05, 3.63) is 29.3 Å². The minimum absolute atomic E-state index is 0.0192. The van der Waals surface area contributed by atoms with Gasteiger partial charge in [0.05, 0.1) is 13.2 Å². The summed E-state index contributed by atoms with van der Waals surface area (Å²) >= 11 is 0. The second kappa shape index (κ2) is 3.77. The smallest absolute Gasteiger partial charge is 0.285 e. The molecule has 2 nitrogen and oxygen atoms in total. The van der Waals surface area contributed by atoms with E-state index < -0.39 is 12.5 Å². The molecule has 0 aliphatic carbocycles. The molecular weight excluding hydrogens is 200 g/mol. The zero-order valence-corrected chi connectivity index (χ0v) is 8.30. The molecule has 2 rings (SSSR count). The molecule has 0 atom stereocenters. The monoisotopic (exact) mass is 213 g/mol. The summed E-state index contributed by atoms with van der Waals surface area (Å²) in [6.07, 6.45) is 1.68. The number of benzene rings is 1. The third-order valence-electron chi connectivity index (χ3n) is 2.59. The second-order valence-corrected chi connectivity index (χ2v) is 3.68. The quantitative estimate of drug-likeness (QED) is 0.816. The molecule has 0 aromatic heterocycles. The van der Waals surface area contributed by atoms with Crippen LogP contribution in [0, 0.1) is 0 Å². The first-order valence-electron chi connectivity index (χ1n) is 4.97. The molecule has 82 valence electrons. The zero-order chi connectivity index (χ0) is 10.9. The number of rotatable bonds is 2. The highest BCUT2D eigenvalue weighted by atomic mass is 19.3. The topological polar surface area (TPSA) is 35.2 Å². The van der Waals surface area contributed by atoms with Crippen LogP contribution in [0.25, 0.3) is 0 Å². The number of ether oxygens (including phenoxy) is 1. The number of fused-ring (bicyclic) bond motifs is 1. The van der Waals surface area contributed by atoms with Crippen molar-refractivity contribution in [3.8, 4) is 5.75 Å². The molecule has 4 heteroatoms. The summed E-state index contributed by atoms with van der Waals surface area (Å²) in [5.74, 6) is -2.22.